The molecule has 0 aromatic rings. The van der Waals surface area contributed by atoms with E-state index in [0.717, 1.165) is 38.5 Å². The third-order valence-electron chi connectivity index (χ3n) is 4.99. The smallest absolute Gasteiger partial charge is 0.748 e. The van der Waals surface area contributed by atoms with Crippen LogP contribution in [0.15, 0.2) is 0 Å². The van der Waals surface area contributed by atoms with Crippen molar-refractivity contribution in [1.82, 2.24) is 0 Å². The van der Waals surface area contributed by atoms with Gasteiger partial charge >= 0.3 is 29.6 Å². The molecule has 2 unspecified atom stereocenters. The van der Waals surface area contributed by atoms with Crippen LogP contribution in [0, 0.1) is 0 Å². The third kappa shape index (κ3) is 18.2. The average molecular weight is 401 g/mol. The van der Waals surface area contributed by atoms with E-state index in [0.29, 0.717) is 25.7 Å². The number of aliphatic hydroxyl groups excluding tert-OH is 1. The average Bonchev–Trinajstić information content (AvgIpc) is 2.55. The van der Waals surface area contributed by atoms with E-state index in [9.17, 15) is 18.1 Å². The van der Waals surface area contributed by atoms with Gasteiger partial charge in [0.2, 0.25) is 0 Å². The predicted octanol–water partition coefficient (Wildman–Crippen LogP) is 2.55. The first-order valence-electron chi connectivity index (χ1n) is 10.5. The molecule has 0 radical (unpaired) electrons. The van der Waals surface area contributed by atoms with Crippen LogP contribution in [0.2, 0.25) is 0 Å². The van der Waals surface area contributed by atoms with Gasteiger partial charge in [-0.15, -0.1) is 0 Å². The standard InChI is InChI=1S/C20H42O4S.Na/c1-3-5-7-9-10-11-13-17-20(25(22,23)24)18-14-16-19(21)15-12-8-6-4-2;/h19-21H,3-18H2,1-2H3,(H,22,23,24);/q;+1/p-1. The zero-order valence-electron chi connectivity index (χ0n) is 17.5. The minimum Gasteiger partial charge on any atom is -0.748 e. The quantitative estimate of drug-likeness (QED) is 0.218. The van der Waals surface area contributed by atoms with Crippen LogP contribution in [0.5, 0.6) is 0 Å². The largest absolute Gasteiger partial charge is 1.00 e. The Balaban J connectivity index is 0. The Morgan fingerprint density at radius 2 is 1.08 bits per heavy atom. The van der Waals surface area contributed by atoms with Gasteiger partial charge < -0.3 is 9.66 Å². The molecule has 0 fully saturated rings. The Labute approximate surface area is 185 Å². The fraction of sp³-hybridized carbons (Fsp3) is 1.00. The van der Waals surface area contributed by atoms with Crippen molar-refractivity contribution in [3.05, 3.63) is 0 Å². The molecule has 0 rings (SSSR count). The molecule has 0 aromatic heterocycles. The van der Waals surface area contributed by atoms with E-state index in [4.69, 9.17) is 0 Å². The maximum atomic E-state index is 11.4. The van der Waals surface area contributed by atoms with Gasteiger partial charge in [0, 0.05) is 5.25 Å². The molecule has 0 saturated carbocycles. The van der Waals surface area contributed by atoms with E-state index in [1.807, 2.05) is 0 Å². The molecule has 0 amide bonds. The Kier molecular flexibility index (Phi) is 21.5. The molecule has 2 atom stereocenters. The van der Waals surface area contributed by atoms with Crippen molar-refractivity contribution in [1.29, 1.82) is 0 Å². The van der Waals surface area contributed by atoms with Crippen LogP contribution in [0.4, 0.5) is 0 Å². The molecule has 0 bridgehead atoms. The summed E-state index contributed by atoms with van der Waals surface area (Å²) in [4.78, 5) is 0. The van der Waals surface area contributed by atoms with Crippen LogP contribution in [0.3, 0.4) is 0 Å². The van der Waals surface area contributed by atoms with Gasteiger partial charge in [0.25, 0.3) is 0 Å². The van der Waals surface area contributed by atoms with Gasteiger partial charge in [-0.3, -0.25) is 0 Å². The second-order valence-electron chi connectivity index (χ2n) is 7.46. The van der Waals surface area contributed by atoms with Crippen molar-refractivity contribution < 1.29 is 47.6 Å². The van der Waals surface area contributed by atoms with E-state index in [-0.39, 0.29) is 35.7 Å². The van der Waals surface area contributed by atoms with Crippen molar-refractivity contribution in [2.45, 2.75) is 128 Å². The molecule has 6 heteroatoms. The summed E-state index contributed by atoms with van der Waals surface area (Å²) in [5, 5.41) is 9.19. The van der Waals surface area contributed by atoms with E-state index in [1.165, 1.54) is 38.5 Å². The van der Waals surface area contributed by atoms with Crippen molar-refractivity contribution in [2.24, 2.45) is 0 Å². The minimum absolute atomic E-state index is 0. The molecule has 0 aliphatic heterocycles. The Bertz CT molecular complexity index is 387. The van der Waals surface area contributed by atoms with Crippen molar-refractivity contribution in [3.8, 4) is 0 Å². The summed E-state index contributed by atoms with van der Waals surface area (Å²) in [5.74, 6) is 0. The number of aliphatic hydroxyl groups is 1. The number of hydrogen-bond acceptors (Lipinski definition) is 4. The predicted molar refractivity (Wildman–Crippen MR) is 105 cm³/mol. The van der Waals surface area contributed by atoms with E-state index in [1.54, 1.807) is 0 Å². The van der Waals surface area contributed by atoms with Crippen LogP contribution in [-0.4, -0.2) is 29.4 Å². The zero-order valence-corrected chi connectivity index (χ0v) is 20.4. The van der Waals surface area contributed by atoms with E-state index < -0.39 is 15.4 Å². The Hall–Kier alpha value is 0.870. The zero-order chi connectivity index (χ0) is 19.0. The van der Waals surface area contributed by atoms with Crippen LogP contribution >= 0.6 is 0 Å². The molecular formula is C20H41NaO4S. The van der Waals surface area contributed by atoms with Gasteiger partial charge in [0.1, 0.15) is 0 Å². The molecule has 0 saturated heterocycles. The van der Waals surface area contributed by atoms with E-state index >= 15 is 0 Å². The maximum Gasteiger partial charge on any atom is 1.00 e. The summed E-state index contributed by atoms with van der Waals surface area (Å²) < 4.78 is 34.3. The summed E-state index contributed by atoms with van der Waals surface area (Å²) in [7, 11) is -4.22. The van der Waals surface area contributed by atoms with Gasteiger partial charge in [-0.25, -0.2) is 8.42 Å². The maximum absolute atomic E-state index is 11.4. The van der Waals surface area contributed by atoms with Gasteiger partial charge in [-0.2, -0.15) is 0 Å². The number of hydrogen-bond donors (Lipinski definition) is 1. The van der Waals surface area contributed by atoms with Crippen molar-refractivity contribution >= 4 is 10.1 Å². The number of unbranched alkanes of at least 4 members (excludes halogenated alkanes) is 9. The fourth-order valence-electron chi connectivity index (χ4n) is 3.29. The molecule has 0 aliphatic rings. The monoisotopic (exact) mass is 400 g/mol. The van der Waals surface area contributed by atoms with Crippen LogP contribution in [0.25, 0.3) is 0 Å². The first kappa shape index (κ1) is 29.1. The number of rotatable bonds is 18. The van der Waals surface area contributed by atoms with Gasteiger partial charge in [0.15, 0.2) is 0 Å². The molecule has 1 N–H and O–H groups in total. The summed E-state index contributed by atoms with van der Waals surface area (Å²) in [6.07, 6.45) is 15.0. The molecule has 152 valence electrons. The van der Waals surface area contributed by atoms with Crippen molar-refractivity contribution in [2.75, 3.05) is 0 Å². The summed E-state index contributed by atoms with van der Waals surface area (Å²) >= 11 is 0. The van der Waals surface area contributed by atoms with Gasteiger partial charge in [-0.1, -0.05) is 84.5 Å². The molecule has 4 nitrogen and oxygen atoms in total. The minimum atomic E-state index is -4.22. The molecule has 0 aromatic carbocycles. The Morgan fingerprint density at radius 3 is 1.62 bits per heavy atom. The molecule has 26 heavy (non-hydrogen) atoms. The third-order valence-corrected chi connectivity index (χ3v) is 6.28. The summed E-state index contributed by atoms with van der Waals surface area (Å²) in [6, 6.07) is 0. The summed E-state index contributed by atoms with van der Waals surface area (Å²) in [5.41, 5.74) is 0. The fourth-order valence-corrected chi connectivity index (χ4v) is 4.21. The second kappa shape index (κ2) is 19.2. The van der Waals surface area contributed by atoms with Crippen LogP contribution < -0.4 is 29.6 Å². The van der Waals surface area contributed by atoms with Crippen LogP contribution in [-0.2, 0) is 10.1 Å². The SMILES string of the molecule is CCCCCCCCCC(CCCC(O)CCCCCC)S(=O)(=O)[O-].[Na+]. The van der Waals surface area contributed by atoms with Crippen LogP contribution in [0.1, 0.15) is 117 Å². The Morgan fingerprint density at radius 1 is 0.692 bits per heavy atom. The molecule has 0 aliphatic carbocycles. The first-order chi connectivity index (χ1) is 11.9. The molecule has 0 spiro atoms. The van der Waals surface area contributed by atoms with E-state index in [2.05, 4.69) is 13.8 Å². The second-order valence-corrected chi connectivity index (χ2v) is 9.11. The normalized spacial score (nSPS) is 14.0. The van der Waals surface area contributed by atoms with Gasteiger partial charge in [-0.05, 0) is 32.1 Å². The summed E-state index contributed by atoms with van der Waals surface area (Å²) in [6.45, 7) is 4.34. The molecule has 0 heterocycles. The molecular weight excluding hydrogens is 359 g/mol. The van der Waals surface area contributed by atoms with Crippen molar-refractivity contribution in [3.63, 3.8) is 0 Å². The topological polar surface area (TPSA) is 77.4 Å². The van der Waals surface area contributed by atoms with Gasteiger partial charge in [0.05, 0.1) is 16.2 Å². The first-order valence-corrected chi connectivity index (χ1v) is 12.0.